The number of hydrogen-bond donors (Lipinski definition) is 2. The van der Waals surface area contributed by atoms with E-state index in [-0.39, 0.29) is 11.9 Å². The summed E-state index contributed by atoms with van der Waals surface area (Å²) in [6, 6.07) is 5.17. The Balaban J connectivity index is 3.08. The number of methoxy groups -OCH3 is 1. The molecular formula is C9H13NO3. The molecule has 1 rings (SSSR count). The van der Waals surface area contributed by atoms with Gasteiger partial charge in [0, 0.05) is 5.56 Å². The van der Waals surface area contributed by atoms with Gasteiger partial charge in [-0.15, -0.1) is 0 Å². The summed E-state index contributed by atoms with van der Waals surface area (Å²) < 4.78 is 4.93. The smallest absolute Gasteiger partial charge is 0.163 e. The fourth-order valence-corrected chi connectivity index (χ4v) is 1.11. The summed E-state index contributed by atoms with van der Waals surface area (Å²) in [5.41, 5.74) is 0.613. The van der Waals surface area contributed by atoms with Crippen LogP contribution in [-0.2, 0) is 4.84 Å². The molecule has 72 valence electrons. The molecular weight excluding hydrogens is 170 g/mol. The summed E-state index contributed by atoms with van der Waals surface area (Å²) in [6.07, 6.45) is -0.352. The second kappa shape index (κ2) is 4.11. The average Bonchev–Trinajstić information content (AvgIpc) is 2.17. The highest BCUT2D eigenvalue weighted by Gasteiger charge is 2.13. The topological polar surface area (TPSA) is 64.7 Å². The summed E-state index contributed by atoms with van der Waals surface area (Å²) >= 11 is 0. The lowest BCUT2D eigenvalue weighted by molar-refractivity contribution is 0.0644. The van der Waals surface area contributed by atoms with E-state index < -0.39 is 0 Å². The van der Waals surface area contributed by atoms with Gasteiger partial charge in [0.05, 0.1) is 7.11 Å². The van der Waals surface area contributed by atoms with Crippen molar-refractivity contribution in [3.8, 4) is 11.5 Å². The number of phenolic OH excluding ortho intramolecular Hbond substituents is 1. The van der Waals surface area contributed by atoms with E-state index in [1.165, 1.54) is 7.11 Å². The summed E-state index contributed by atoms with van der Waals surface area (Å²) in [5, 5.41) is 9.63. The molecule has 0 aromatic heterocycles. The number of hydrogen-bond acceptors (Lipinski definition) is 4. The third-order valence-electron chi connectivity index (χ3n) is 1.89. The maximum Gasteiger partial charge on any atom is 0.163 e. The molecule has 0 heterocycles. The van der Waals surface area contributed by atoms with Crippen molar-refractivity contribution in [2.24, 2.45) is 5.90 Å². The molecule has 0 radical (unpaired) electrons. The average molecular weight is 183 g/mol. The van der Waals surface area contributed by atoms with E-state index in [0.29, 0.717) is 11.3 Å². The molecule has 1 aromatic rings. The lowest BCUT2D eigenvalue weighted by Gasteiger charge is -2.12. The minimum absolute atomic E-state index is 0.0722. The Morgan fingerprint density at radius 3 is 2.69 bits per heavy atom. The number of phenols is 1. The van der Waals surface area contributed by atoms with E-state index in [4.69, 9.17) is 10.6 Å². The molecule has 1 aromatic carbocycles. The largest absolute Gasteiger partial charge is 0.504 e. The van der Waals surface area contributed by atoms with Gasteiger partial charge in [-0.25, -0.2) is 5.90 Å². The Morgan fingerprint density at radius 2 is 2.15 bits per heavy atom. The molecule has 1 atom stereocenters. The van der Waals surface area contributed by atoms with Gasteiger partial charge in [0.1, 0.15) is 6.10 Å². The number of ether oxygens (including phenoxy) is 1. The van der Waals surface area contributed by atoms with E-state index >= 15 is 0 Å². The molecule has 0 spiro atoms. The van der Waals surface area contributed by atoms with Gasteiger partial charge in [0.25, 0.3) is 0 Å². The van der Waals surface area contributed by atoms with Gasteiger partial charge in [0.15, 0.2) is 11.5 Å². The Labute approximate surface area is 76.8 Å². The zero-order valence-electron chi connectivity index (χ0n) is 7.65. The number of para-hydroxylation sites is 1. The fourth-order valence-electron chi connectivity index (χ4n) is 1.11. The van der Waals surface area contributed by atoms with E-state index in [9.17, 15) is 5.11 Å². The highest BCUT2D eigenvalue weighted by molar-refractivity contribution is 5.46. The second-order valence-electron chi connectivity index (χ2n) is 2.68. The first-order valence-corrected chi connectivity index (χ1v) is 3.92. The lowest BCUT2D eigenvalue weighted by Crippen LogP contribution is -2.05. The molecule has 0 aliphatic heterocycles. The van der Waals surface area contributed by atoms with Gasteiger partial charge in [-0.2, -0.15) is 0 Å². The van der Waals surface area contributed by atoms with E-state index in [1.54, 1.807) is 25.1 Å². The zero-order chi connectivity index (χ0) is 9.84. The predicted octanol–water partition coefficient (Wildman–Crippen LogP) is 1.35. The van der Waals surface area contributed by atoms with E-state index in [1.807, 2.05) is 0 Å². The normalized spacial score (nSPS) is 12.5. The molecule has 4 heteroatoms. The Kier molecular flexibility index (Phi) is 3.11. The predicted molar refractivity (Wildman–Crippen MR) is 48.3 cm³/mol. The molecule has 4 nitrogen and oxygen atoms in total. The van der Waals surface area contributed by atoms with Crippen LogP contribution >= 0.6 is 0 Å². The molecule has 0 aliphatic carbocycles. The monoisotopic (exact) mass is 183 g/mol. The summed E-state index contributed by atoms with van der Waals surface area (Å²) in [7, 11) is 1.49. The van der Waals surface area contributed by atoms with Gasteiger partial charge in [-0.05, 0) is 13.0 Å². The van der Waals surface area contributed by atoms with Crippen molar-refractivity contribution in [3.05, 3.63) is 23.8 Å². The molecule has 13 heavy (non-hydrogen) atoms. The molecule has 0 amide bonds. The quantitative estimate of drug-likeness (QED) is 0.694. The Morgan fingerprint density at radius 1 is 1.46 bits per heavy atom. The van der Waals surface area contributed by atoms with Crippen molar-refractivity contribution >= 4 is 0 Å². The molecule has 0 aliphatic rings. The number of benzene rings is 1. The zero-order valence-corrected chi connectivity index (χ0v) is 7.65. The van der Waals surface area contributed by atoms with Crippen LogP contribution in [0.4, 0.5) is 0 Å². The molecule has 0 saturated carbocycles. The third-order valence-corrected chi connectivity index (χ3v) is 1.89. The second-order valence-corrected chi connectivity index (χ2v) is 2.68. The molecule has 3 N–H and O–H groups in total. The minimum atomic E-state index is -0.352. The molecule has 0 fully saturated rings. The summed E-state index contributed by atoms with van der Waals surface area (Å²) in [6.45, 7) is 1.74. The molecule has 0 bridgehead atoms. The maximum absolute atomic E-state index is 9.63. The summed E-state index contributed by atoms with van der Waals surface area (Å²) in [4.78, 5) is 4.60. The first-order valence-electron chi connectivity index (χ1n) is 3.92. The SMILES string of the molecule is COc1cccc(C(C)ON)c1O. The Hall–Kier alpha value is -1.26. The van der Waals surface area contributed by atoms with Crippen molar-refractivity contribution in [1.82, 2.24) is 0 Å². The van der Waals surface area contributed by atoms with Crippen molar-refractivity contribution in [1.29, 1.82) is 0 Å². The molecule has 0 saturated heterocycles. The van der Waals surface area contributed by atoms with Crippen molar-refractivity contribution in [3.63, 3.8) is 0 Å². The van der Waals surface area contributed by atoms with Crippen LogP contribution in [0, 0.1) is 0 Å². The fraction of sp³-hybridized carbons (Fsp3) is 0.333. The van der Waals surface area contributed by atoms with Crippen LogP contribution < -0.4 is 10.6 Å². The first kappa shape index (κ1) is 9.83. The minimum Gasteiger partial charge on any atom is -0.504 e. The van der Waals surface area contributed by atoms with Crippen molar-refractivity contribution in [2.45, 2.75) is 13.0 Å². The van der Waals surface area contributed by atoms with Gasteiger partial charge in [-0.3, -0.25) is 4.84 Å². The number of aromatic hydroxyl groups is 1. The van der Waals surface area contributed by atoms with E-state index in [2.05, 4.69) is 4.84 Å². The van der Waals surface area contributed by atoms with Gasteiger partial charge >= 0.3 is 0 Å². The highest BCUT2D eigenvalue weighted by atomic mass is 16.6. The van der Waals surface area contributed by atoms with Crippen LogP contribution in [-0.4, -0.2) is 12.2 Å². The van der Waals surface area contributed by atoms with Crippen LogP contribution in [0.3, 0.4) is 0 Å². The van der Waals surface area contributed by atoms with Crippen molar-refractivity contribution < 1.29 is 14.7 Å². The lowest BCUT2D eigenvalue weighted by atomic mass is 10.1. The summed E-state index contributed by atoms with van der Waals surface area (Å²) in [5.74, 6) is 5.50. The first-order chi connectivity index (χ1) is 6.20. The number of nitrogens with two attached hydrogens (primary N) is 1. The van der Waals surface area contributed by atoms with Crippen LogP contribution in [0.1, 0.15) is 18.6 Å². The van der Waals surface area contributed by atoms with Gasteiger partial charge in [0.2, 0.25) is 0 Å². The highest BCUT2D eigenvalue weighted by Crippen LogP contribution is 2.33. The van der Waals surface area contributed by atoms with E-state index in [0.717, 1.165) is 0 Å². The van der Waals surface area contributed by atoms with Gasteiger partial charge < -0.3 is 9.84 Å². The van der Waals surface area contributed by atoms with Crippen LogP contribution in [0.2, 0.25) is 0 Å². The van der Waals surface area contributed by atoms with Crippen LogP contribution in [0.25, 0.3) is 0 Å². The molecule has 1 unspecified atom stereocenters. The maximum atomic E-state index is 9.63. The number of rotatable bonds is 3. The third kappa shape index (κ3) is 1.91. The van der Waals surface area contributed by atoms with Gasteiger partial charge in [-0.1, -0.05) is 12.1 Å². The Bertz CT molecular complexity index is 288. The van der Waals surface area contributed by atoms with Crippen LogP contribution in [0.5, 0.6) is 11.5 Å². The standard InChI is InChI=1S/C9H13NO3/c1-6(13-10)7-4-3-5-8(12-2)9(7)11/h3-6,11H,10H2,1-2H3. The van der Waals surface area contributed by atoms with Crippen molar-refractivity contribution in [2.75, 3.05) is 7.11 Å². The van der Waals surface area contributed by atoms with Crippen LogP contribution in [0.15, 0.2) is 18.2 Å².